The van der Waals surface area contributed by atoms with Crippen LogP contribution in [-0.2, 0) is 6.54 Å². The minimum Gasteiger partial charge on any atom is -0.317 e. The molecule has 3 rings (SSSR count). The molecule has 120 valence electrons. The molecule has 2 aromatic carbocycles. The van der Waals surface area contributed by atoms with E-state index < -0.39 is 0 Å². The van der Waals surface area contributed by atoms with Crippen molar-refractivity contribution >= 4 is 23.3 Å². The van der Waals surface area contributed by atoms with Crippen LogP contribution in [0.4, 0.5) is 10.5 Å². The van der Waals surface area contributed by atoms with Gasteiger partial charge in [-0.3, -0.25) is 0 Å². The maximum absolute atomic E-state index is 12.8. The number of hydrogen-bond acceptors (Lipinski definition) is 1. The summed E-state index contributed by atoms with van der Waals surface area (Å²) in [7, 11) is 0. The number of rotatable bonds is 5. The molecule has 1 saturated carbocycles. The normalized spacial score (nSPS) is 15.0. The van der Waals surface area contributed by atoms with Gasteiger partial charge in [0, 0.05) is 12.6 Å². The number of urea groups is 1. The van der Waals surface area contributed by atoms with Crippen LogP contribution in [0.25, 0.3) is 0 Å². The second-order valence-corrected chi connectivity index (χ2v) is 6.51. The number of hydrogen-bond donors (Lipinski definition) is 1. The fraction of sp³-hybridized carbons (Fsp3) is 0.316. The molecule has 2 amide bonds. The summed E-state index contributed by atoms with van der Waals surface area (Å²) in [5.41, 5.74) is 1.79. The predicted molar refractivity (Wildman–Crippen MR) is 94.6 cm³/mol. The molecule has 0 radical (unpaired) electrons. The Labute approximate surface area is 142 Å². The number of benzene rings is 2. The molecule has 1 fully saturated rings. The lowest BCUT2D eigenvalue weighted by atomic mass is 10.1. The Kier molecular flexibility index (Phi) is 4.87. The van der Waals surface area contributed by atoms with Crippen molar-refractivity contribution in [2.75, 3.05) is 5.32 Å². The molecule has 0 spiro atoms. The van der Waals surface area contributed by atoms with Gasteiger partial charge < -0.3 is 10.2 Å². The topological polar surface area (TPSA) is 32.3 Å². The predicted octanol–water partition coefficient (Wildman–Crippen LogP) is 5.17. The Morgan fingerprint density at radius 3 is 2.48 bits per heavy atom. The van der Waals surface area contributed by atoms with Gasteiger partial charge in [0.15, 0.2) is 0 Å². The van der Waals surface area contributed by atoms with Gasteiger partial charge in [0.25, 0.3) is 0 Å². The van der Waals surface area contributed by atoms with Gasteiger partial charge in [-0.1, -0.05) is 54.1 Å². The second-order valence-electron chi connectivity index (χ2n) is 6.10. The number of amides is 2. The van der Waals surface area contributed by atoms with Crippen LogP contribution >= 0.6 is 11.6 Å². The lowest BCUT2D eigenvalue weighted by molar-refractivity contribution is 0.181. The zero-order chi connectivity index (χ0) is 16.2. The van der Waals surface area contributed by atoms with E-state index in [0.717, 1.165) is 5.56 Å². The van der Waals surface area contributed by atoms with E-state index in [1.807, 2.05) is 41.3 Å². The molecule has 3 nitrogen and oxygen atoms in total. The van der Waals surface area contributed by atoms with E-state index >= 15 is 0 Å². The molecule has 4 heteroatoms. The average Bonchev–Trinajstić information content (AvgIpc) is 3.40. The van der Waals surface area contributed by atoms with Gasteiger partial charge in [-0.2, -0.15) is 0 Å². The summed E-state index contributed by atoms with van der Waals surface area (Å²) in [6.45, 7) is 2.74. The van der Waals surface area contributed by atoms with Crippen molar-refractivity contribution < 1.29 is 4.79 Å². The van der Waals surface area contributed by atoms with E-state index in [-0.39, 0.29) is 12.1 Å². The first-order valence-electron chi connectivity index (χ1n) is 8.01. The number of halogens is 1. The summed E-state index contributed by atoms with van der Waals surface area (Å²) >= 11 is 6.15. The summed E-state index contributed by atoms with van der Waals surface area (Å²) in [6.07, 6.45) is 2.40. The molecular formula is C19H21ClN2O. The van der Waals surface area contributed by atoms with E-state index in [4.69, 9.17) is 11.6 Å². The Morgan fingerprint density at radius 1 is 1.17 bits per heavy atom. The quantitative estimate of drug-likeness (QED) is 0.806. The molecule has 2 aromatic rings. The van der Waals surface area contributed by atoms with Crippen molar-refractivity contribution in [2.24, 2.45) is 5.92 Å². The van der Waals surface area contributed by atoms with Gasteiger partial charge in [0.1, 0.15) is 0 Å². The maximum Gasteiger partial charge on any atom is 0.322 e. The first-order valence-corrected chi connectivity index (χ1v) is 8.39. The highest BCUT2D eigenvalue weighted by Gasteiger charge is 2.34. The summed E-state index contributed by atoms with van der Waals surface area (Å²) in [5.74, 6) is 0.607. The van der Waals surface area contributed by atoms with Gasteiger partial charge >= 0.3 is 6.03 Å². The molecular weight excluding hydrogens is 308 g/mol. The fourth-order valence-electron chi connectivity index (χ4n) is 2.76. The van der Waals surface area contributed by atoms with Crippen molar-refractivity contribution in [2.45, 2.75) is 32.4 Å². The Hall–Kier alpha value is -2.00. The summed E-state index contributed by atoms with van der Waals surface area (Å²) in [4.78, 5) is 14.7. The monoisotopic (exact) mass is 328 g/mol. The van der Waals surface area contributed by atoms with Crippen LogP contribution in [0.15, 0.2) is 54.6 Å². The summed E-state index contributed by atoms with van der Waals surface area (Å²) in [6, 6.07) is 17.5. The molecule has 0 heterocycles. The highest BCUT2D eigenvalue weighted by molar-refractivity contribution is 6.33. The van der Waals surface area contributed by atoms with Crippen LogP contribution in [0.5, 0.6) is 0 Å². The zero-order valence-corrected chi connectivity index (χ0v) is 14.0. The standard InChI is InChI=1S/C19H21ClN2O/c1-14(16-11-12-16)22(13-15-7-3-2-4-8-15)19(23)21-18-10-6-5-9-17(18)20/h2-10,14,16H,11-13H2,1H3,(H,21,23). The largest absolute Gasteiger partial charge is 0.322 e. The zero-order valence-electron chi connectivity index (χ0n) is 13.2. The smallest absolute Gasteiger partial charge is 0.317 e. The summed E-state index contributed by atoms with van der Waals surface area (Å²) in [5, 5.41) is 3.50. The number of para-hydroxylation sites is 1. The van der Waals surface area contributed by atoms with Gasteiger partial charge in [-0.15, -0.1) is 0 Å². The third kappa shape index (κ3) is 4.05. The Balaban J connectivity index is 1.77. The van der Waals surface area contributed by atoms with E-state index in [1.165, 1.54) is 12.8 Å². The second kappa shape index (κ2) is 7.05. The lowest BCUT2D eigenvalue weighted by Gasteiger charge is -2.30. The van der Waals surface area contributed by atoms with Gasteiger partial charge in [-0.05, 0) is 43.4 Å². The number of carbonyl (C=O) groups is 1. The van der Waals surface area contributed by atoms with E-state index in [2.05, 4.69) is 24.4 Å². The van der Waals surface area contributed by atoms with Crippen molar-refractivity contribution in [3.63, 3.8) is 0 Å². The van der Waals surface area contributed by atoms with Crippen LogP contribution in [0, 0.1) is 5.92 Å². The van der Waals surface area contributed by atoms with Crippen LogP contribution in [0.2, 0.25) is 5.02 Å². The third-order valence-electron chi connectivity index (χ3n) is 4.37. The van der Waals surface area contributed by atoms with Crippen molar-refractivity contribution in [1.82, 2.24) is 4.90 Å². The fourth-order valence-corrected chi connectivity index (χ4v) is 2.95. The number of nitrogens with one attached hydrogen (secondary N) is 1. The van der Waals surface area contributed by atoms with Crippen LogP contribution in [-0.4, -0.2) is 17.0 Å². The first kappa shape index (κ1) is 15.9. The Bertz CT molecular complexity index is 670. The van der Waals surface area contributed by atoms with E-state index in [9.17, 15) is 4.79 Å². The molecule has 0 saturated heterocycles. The van der Waals surface area contributed by atoms with Crippen molar-refractivity contribution in [3.8, 4) is 0 Å². The number of nitrogens with zero attached hydrogens (tertiary/aromatic N) is 1. The van der Waals surface area contributed by atoms with Gasteiger partial charge in [0.05, 0.1) is 10.7 Å². The van der Waals surface area contributed by atoms with Gasteiger partial charge in [-0.25, -0.2) is 4.79 Å². The molecule has 1 aliphatic carbocycles. The molecule has 0 aromatic heterocycles. The highest BCUT2D eigenvalue weighted by Crippen LogP contribution is 2.36. The maximum atomic E-state index is 12.8. The number of carbonyl (C=O) groups excluding carboxylic acids is 1. The first-order chi connectivity index (χ1) is 11.1. The number of anilines is 1. The van der Waals surface area contributed by atoms with Crippen LogP contribution < -0.4 is 5.32 Å². The van der Waals surface area contributed by atoms with Gasteiger partial charge in [0.2, 0.25) is 0 Å². The molecule has 1 unspecified atom stereocenters. The molecule has 1 N–H and O–H groups in total. The highest BCUT2D eigenvalue weighted by atomic mass is 35.5. The molecule has 0 bridgehead atoms. The average molecular weight is 329 g/mol. The van der Waals surface area contributed by atoms with Crippen molar-refractivity contribution in [1.29, 1.82) is 0 Å². The van der Waals surface area contributed by atoms with E-state index in [0.29, 0.717) is 23.2 Å². The summed E-state index contributed by atoms with van der Waals surface area (Å²) < 4.78 is 0. The van der Waals surface area contributed by atoms with E-state index in [1.54, 1.807) is 6.07 Å². The lowest BCUT2D eigenvalue weighted by Crippen LogP contribution is -2.42. The SMILES string of the molecule is CC(C1CC1)N(Cc1ccccc1)C(=O)Nc1ccccc1Cl. The van der Waals surface area contributed by atoms with Crippen LogP contribution in [0.3, 0.4) is 0 Å². The molecule has 1 atom stereocenters. The van der Waals surface area contributed by atoms with Crippen molar-refractivity contribution in [3.05, 3.63) is 65.2 Å². The van der Waals surface area contributed by atoms with Crippen LogP contribution in [0.1, 0.15) is 25.3 Å². The molecule has 0 aliphatic heterocycles. The third-order valence-corrected chi connectivity index (χ3v) is 4.70. The molecule has 1 aliphatic rings. The molecule has 23 heavy (non-hydrogen) atoms. The Morgan fingerprint density at radius 2 is 1.83 bits per heavy atom. The minimum absolute atomic E-state index is 0.0960. The minimum atomic E-state index is -0.0960.